The van der Waals surface area contributed by atoms with Gasteiger partial charge in [-0.25, -0.2) is 5.43 Å². The lowest BCUT2D eigenvalue weighted by Crippen LogP contribution is -2.26. The Kier molecular flexibility index (Phi) is 6.00. The molecule has 2 aromatic carbocycles. The van der Waals surface area contributed by atoms with Crippen LogP contribution in [0.25, 0.3) is 0 Å². The third-order valence-electron chi connectivity index (χ3n) is 3.03. The predicted molar refractivity (Wildman–Crippen MR) is 90.0 cm³/mol. The minimum absolute atomic E-state index is 0.141. The van der Waals surface area contributed by atoms with Crippen LogP contribution in [0.15, 0.2) is 53.6 Å². The van der Waals surface area contributed by atoms with Gasteiger partial charge in [0.25, 0.3) is 5.91 Å². The molecular weight excluding hydrogens is 316 g/mol. The summed E-state index contributed by atoms with van der Waals surface area (Å²) < 4.78 is 5.34. The van der Waals surface area contributed by atoms with Crippen molar-refractivity contribution in [3.05, 3.63) is 59.1 Å². The van der Waals surface area contributed by atoms with E-state index in [1.807, 2.05) is 6.92 Å². The number of carbonyl (C=O) groups is 1. The Morgan fingerprint density at radius 1 is 1.17 bits per heavy atom. The largest absolute Gasteiger partial charge is 0.508 e. The number of nitrogens with zero attached hydrogens (tertiary/aromatic N) is 1. The second kappa shape index (κ2) is 8.19. The first-order valence-electron chi connectivity index (χ1n) is 7.11. The minimum atomic E-state index is -0.357. The summed E-state index contributed by atoms with van der Waals surface area (Å²) in [4.78, 5) is 11.8. The van der Waals surface area contributed by atoms with Gasteiger partial charge in [0.1, 0.15) is 11.5 Å². The summed E-state index contributed by atoms with van der Waals surface area (Å²) in [6.07, 6.45) is 0.642. The third-order valence-corrected chi connectivity index (χ3v) is 3.29. The maximum absolute atomic E-state index is 11.8. The summed E-state index contributed by atoms with van der Waals surface area (Å²) in [6, 6.07) is 13.4. The van der Waals surface area contributed by atoms with Gasteiger partial charge in [0.2, 0.25) is 0 Å². The van der Waals surface area contributed by atoms with E-state index in [-0.39, 0.29) is 18.3 Å². The van der Waals surface area contributed by atoms with E-state index in [1.54, 1.807) is 48.5 Å². The van der Waals surface area contributed by atoms with Crippen molar-refractivity contribution in [1.29, 1.82) is 0 Å². The zero-order chi connectivity index (χ0) is 16.7. The van der Waals surface area contributed by atoms with Gasteiger partial charge >= 0.3 is 0 Å². The summed E-state index contributed by atoms with van der Waals surface area (Å²) in [5.41, 5.74) is 4.01. The molecule has 1 amide bonds. The second-order valence-electron chi connectivity index (χ2n) is 4.74. The number of rotatable bonds is 6. The lowest BCUT2D eigenvalue weighted by molar-refractivity contribution is -0.123. The number of nitrogens with one attached hydrogen (secondary N) is 1. The van der Waals surface area contributed by atoms with Crippen LogP contribution in [0.4, 0.5) is 0 Å². The molecule has 0 aliphatic rings. The highest BCUT2D eigenvalue weighted by Gasteiger charge is 2.05. The molecule has 0 saturated carbocycles. The van der Waals surface area contributed by atoms with Crippen LogP contribution in [0, 0.1) is 0 Å². The Morgan fingerprint density at radius 3 is 2.43 bits per heavy atom. The highest BCUT2D eigenvalue weighted by molar-refractivity contribution is 6.30. The summed E-state index contributed by atoms with van der Waals surface area (Å²) in [5, 5.41) is 14.0. The van der Waals surface area contributed by atoms with Crippen LogP contribution in [0.3, 0.4) is 0 Å². The molecule has 0 bridgehead atoms. The molecule has 23 heavy (non-hydrogen) atoms. The smallest absolute Gasteiger partial charge is 0.277 e. The number of ether oxygens (including phenoxy) is 1. The van der Waals surface area contributed by atoms with Crippen LogP contribution in [0.5, 0.6) is 11.5 Å². The summed E-state index contributed by atoms with van der Waals surface area (Å²) in [5.74, 6) is 0.386. The molecule has 2 aromatic rings. The van der Waals surface area contributed by atoms with E-state index in [0.29, 0.717) is 22.9 Å². The van der Waals surface area contributed by atoms with Crippen molar-refractivity contribution in [1.82, 2.24) is 5.43 Å². The van der Waals surface area contributed by atoms with Gasteiger partial charge < -0.3 is 9.84 Å². The van der Waals surface area contributed by atoms with Crippen molar-refractivity contribution in [2.24, 2.45) is 5.10 Å². The lowest BCUT2D eigenvalue weighted by Gasteiger charge is -2.07. The molecule has 0 atom stereocenters. The molecular formula is C17H17ClN2O3. The molecule has 0 radical (unpaired) electrons. The van der Waals surface area contributed by atoms with Crippen molar-refractivity contribution in [2.75, 3.05) is 6.61 Å². The molecule has 0 unspecified atom stereocenters. The fraction of sp³-hybridized carbons (Fsp3) is 0.176. The van der Waals surface area contributed by atoms with Crippen molar-refractivity contribution in [3.8, 4) is 11.5 Å². The van der Waals surface area contributed by atoms with Crippen molar-refractivity contribution in [3.63, 3.8) is 0 Å². The predicted octanol–water partition coefficient (Wildman–Crippen LogP) is 3.35. The highest BCUT2D eigenvalue weighted by Crippen LogP contribution is 2.15. The molecule has 0 aromatic heterocycles. The third kappa shape index (κ3) is 5.30. The standard InChI is InChI=1S/C17H17ClN2O3/c1-2-16(12-3-7-14(21)8-4-12)19-20-17(22)11-23-15-9-5-13(18)6-10-15/h3-10,21H,2,11H2,1H3,(H,20,22)/b19-16-. The molecule has 0 spiro atoms. The van der Waals surface area contributed by atoms with Crippen molar-refractivity contribution in [2.45, 2.75) is 13.3 Å². The number of hydrogen-bond acceptors (Lipinski definition) is 4. The fourth-order valence-corrected chi connectivity index (χ4v) is 1.97. The molecule has 0 fully saturated rings. The normalized spacial score (nSPS) is 11.1. The molecule has 5 nitrogen and oxygen atoms in total. The highest BCUT2D eigenvalue weighted by atomic mass is 35.5. The van der Waals surface area contributed by atoms with Crippen molar-refractivity contribution >= 4 is 23.2 Å². The monoisotopic (exact) mass is 332 g/mol. The van der Waals surface area contributed by atoms with Gasteiger partial charge in [-0.15, -0.1) is 0 Å². The molecule has 0 saturated heterocycles. The van der Waals surface area contributed by atoms with Gasteiger partial charge in [0, 0.05) is 5.02 Å². The van der Waals surface area contributed by atoms with Gasteiger partial charge in [-0.05, 0) is 60.5 Å². The van der Waals surface area contributed by atoms with Gasteiger partial charge in [-0.1, -0.05) is 18.5 Å². The number of phenolic OH excluding ortho intramolecular Hbond substituents is 1. The number of hydrazone groups is 1. The number of phenols is 1. The molecule has 2 N–H and O–H groups in total. The average Bonchev–Trinajstić information content (AvgIpc) is 2.56. The summed E-state index contributed by atoms with van der Waals surface area (Å²) in [7, 11) is 0. The Morgan fingerprint density at radius 2 is 1.83 bits per heavy atom. The average molecular weight is 333 g/mol. The molecule has 0 aliphatic carbocycles. The first-order chi connectivity index (χ1) is 11.1. The molecule has 0 heterocycles. The molecule has 6 heteroatoms. The number of hydrogen-bond donors (Lipinski definition) is 2. The topological polar surface area (TPSA) is 70.9 Å². The number of aromatic hydroxyl groups is 1. The Balaban J connectivity index is 1.90. The minimum Gasteiger partial charge on any atom is -0.508 e. The molecule has 0 aliphatic heterocycles. The van der Waals surface area contributed by atoms with Crippen LogP contribution in [0.1, 0.15) is 18.9 Å². The molecule has 120 valence electrons. The van der Waals surface area contributed by atoms with E-state index in [2.05, 4.69) is 10.5 Å². The summed E-state index contributed by atoms with van der Waals surface area (Å²) in [6.45, 7) is 1.79. The van der Waals surface area contributed by atoms with E-state index in [9.17, 15) is 9.90 Å². The van der Waals surface area contributed by atoms with Crippen LogP contribution >= 0.6 is 11.6 Å². The Labute approximate surface area is 139 Å². The zero-order valence-electron chi connectivity index (χ0n) is 12.6. The number of carbonyl (C=O) groups excluding carboxylic acids is 1. The summed E-state index contributed by atoms with van der Waals surface area (Å²) >= 11 is 5.77. The quantitative estimate of drug-likeness (QED) is 0.629. The Hall–Kier alpha value is -2.53. The van der Waals surface area contributed by atoms with Gasteiger partial charge in [0.05, 0.1) is 5.71 Å². The number of amides is 1. The Bertz CT molecular complexity index is 682. The van der Waals surface area contributed by atoms with E-state index >= 15 is 0 Å². The van der Waals surface area contributed by atoms with E-state index in [4.69, 9.17) is 16.3 Å². The van der Waals surface area contributed by atoms with Gasteiger partial charge in [-0.2, -0.15) is 5.10 Å². The fourth-order valence-electron chi connectivity index (χ4n) is 1.84. The first kappa shape index (κ1) is 16.8. The van der Waals surface area contributed by atoms with E-state index in [0.717, 1.165) is 5.56 Å². The first-order valence-corrected chi connectivity index (χ1v) is 7.49. The van der Waals surface area contributed by atoms with E-state index in [1.165, 1.54) is 0 Å². The zero-order valence-corrected chi connectivity index (χ0v) is 13.4. The van der Waals surface area contributed by atoms with Crippen LogP contribution in [-0.4, -0.2) is 23.3 Å². The maximum Gasteiger partial charge on any atom is 0.277 e. The van der Waals surface area contributed by atoms with E-state index < -0.39 is 0 Å². The van der Waals surface area contributed by atoms with Crippen LogP contribution in [-0.2, 0) is 4.79 Å². The van der Waals surface area contributed by atoms with Gasteiger partial charge in [-0.3, -0.25) is 4.79 Å². The van der Waals surface area contributed by atoms with Crippen LogP contribution < -0.4 is 10.2 Å². The SMILES string of the molecule is CC/C(=N/NC(=O)COc1ccc(Cl)cc1)c1ccc(O)cc1. The van der Waals surface area contributed by atoms with Gasteiger partial charge in [0.15, 0.2) is 6.61 Å². The molecule has 2 rings (SSSR count). The van der Waals surface area contributed by atoms with Crippen LogP contribution in [0.2, 0.25) is 5.02 Å². The number of benzene rings is 2. The maximum atomic E-state index is 11.8. The second-order valence-corrected chi connectivity index (χ2v) is 5.17. The number of halogens is 1. The lowest BCUT2D eigenvalue weighted by atomic mass is 10.1. The van der Waals surface area contributed by atoms with Crippen molar-refractivity contribution < 1.29 is 14.6 Å².